The zero-order chi connectivity index (χ0) is 13.8. The first-order chi connectivity index (χ1) is 9.08. The third kappa shape index (κ3) is 3.40. The Labute approximate surface area is 115 Å². The second kappa shape index (κ2) is 5.95. The SMILES string of the molecule is CC(C)NC(=O)N1CCN(c2ccccc2)C(C)C1. The van der Waals surface area contributed by atoms with Gasteiger partial charge in [-0.3, -0.25) is 0 Å². The van der Waals surface area contributed by atoms with Gasteiger partial charge in [-0.1, -0.05) is 18.2 Å². The number of anilines is 1. The first-order valence-electron chi connectivity index (χ1n) is 6.95. The van der Waals surface area contributed by atoms with Crippen LogP contribution in [0.4, 0.5) is 10.5 Å². The molecule has 0 aliphatic carbocycles. The van der Waals surface area contributed by atoms with E-state index in [0.29, 0.717) is 6.04 Å². The molecule has 0 bridgehead atoms. The van der Waals surface area contributed by atoms with Crippen LogP contribution in [0, 0.1) is 0 Å². The van der Waals surface area contributed by atoms with Gasteiger partial charge in [-0.05, 0) is 32.9 Å². The van der Waals surface area contributed by atoms with Crippen LogP contribution in [0.5, 0.6) is 0 Å². The van der Waals surface area contributed by atoms with Crippen molar-refractivity contribution in [2.45, 2.75) is 32.9 Å². The van der Waals surface area contributed by atoms with E-state index >= 15 is 0 Å². The normalized spacial score (nSPS) is 19.7. The van der Waals surface area contributed by atoms with Crippen LogP contribution in [-0.2, 0) is 0 Å². The molecule has 0 radical (unpaired) electrons. The minimum Gasteiger partial charge on any atom is -0.365 e. The van der Waals surface area contributed by atoms with Crippen LogP contribution in [0.25, 0.3) is 0 Å². The quantitative estimate of drug-likeness (QED) is 0.887. The molecule has 1 atom stereocenters. The smallest absolute Gasteiger partial charge is 0.317 e. The Balaban J connectivity index is 1.97. The average Bonchev–Trinajstić information content (AvgIpc) is 2.38. The van der Waals surface area contributed by atoms with Gasteiger partial charge in [0.05, 0.1) is 0 Å². The fraction of sp³-hybridized carbons (Fsp3) is 0.533. The lowest BCUT2D eigenvalue weighted by atomic mass is 10.1. The molecule has 1 aliphatic rings. The van der Waals surface area contributed by atoms with Crippen molar-refractivity contribution >= 4 is 11.7 Å². The number of carbonyl (C=O) groups is 1. The number of amides is 2. The summed E-state index contributed by atoms with van der Waals surface area (Å²) in [4.78, 5) is 16.3. The van der Waals surface area contributed by atoms with Crippen molar-refractivity contribution in [2.24, 2.45) is 0 Å². The summed E-state index contributed by atoms with van der Waals surface area (Å²) in [7, 11) is 0. The summed E-state index contributed by atoms with van der Waals surface area (Å²) in [6.45, 7) is 8.58. The van der Waals surface area contributed by atoms with E-state index < -0.39 is 0 Å². The minimum atomic E-state index is 0.0505. The molecule has 4 heteroatoms. The minimum absolute atomic E-state index is 0.0505. The molecule has 1 unspecified atom stereocenters. The first-order valence-corrected chi connectivity index (χ1v) is 6.95. The van der Waals surface area contributed by atoms with E-state index in [4.69, 9.17) is 0 Å². The van der Waals surface area contributed by atoms with Crippen molar-refractivity contribution < 1.29 is 4.79 Å². The largest absolute Gasteiger partial charge is 0.365 e. The third-order valence-corrected chi connectivity index (χ3v) is 3.41. The van der Waals surface area contributed by atoms with Gasteiger partial charge in [0.25, 0.3) is 0 Å². The van der Waals surface area contributed by atoms with Crippen molar-refractivity contribution in [2.75, 3.05) is 24.5 Å². The molecule has 1 saturated heterocycles. The van der Waals surface area contributed by atoms with Crippen molar-refractivity contribution in [3.8, 4) is 0 Å². The van der Waals surface area contributed by atoms with Gasteiger partial charge in [0.15, 0.2) is 0 Å². The molecule has 1 fully saturated rings. The third-order valence-electron chi connectivity index (χ3n) is 3.41. The van der Waals surface area contributed by atoms with E-state index in [0.717, 1.165) is 19.6 Å². The molecular weight excluding hydrogens is 238 g/mol. The molecule has 19 heavy (non-hydrogen) atoms. The maximum Gasteiger partial charge on any atom is 0.317 e. The lowest BCUT2D eigenvalue weighted by molar-refractivity contribution is 0.184. The summed E-state index contributed by atoms with van der Waals surface area (Å²) in [6.07, 6.45) is 0. The number of piperazine rings is 1. The number of hydrogen-bond donors (Lipinski definition) is 1. The Bertz CT molecular complexity index is 419. The summed E-state index contributed by atoms with van der Waals surface area (Å²) in [6, 6.07) is 11.0. The number of nitrogens with zero attached hydrogens (tertiary/aromatic N) is 2. The molecule has 4 nitrogen and oxygen atoms in total. The van der Waals surface area contributed by atoms with Crippen LogP contribution in [-0.4, -0.2) is 42.6 Å². The molecule has 2 amide bonds. The molecule has 0 spiro atoms. The topological polar surface area (TPSA) is 35.6 Å². The standard InChI is InChI=1S/C15H23N3O/c1-12(2)16-15(19)17-9-10-18(13(3)11-17)14-7-5-4-6-8-14/h4-8,12-13H,9-11H2,1-3H3,(H,16,19). The highest BCUT2D eigenvalue weighted by molar-refractivity contribution is 5.75. The predicted octanol–water partition coefficient (Wildman–Crippen LogP) is 2.32. The van der Waals surface area contributed by atoms with Gasteiger partial charge < -0.3 is 15.1 Å². The molecule has 2 rings (SSSR count). The van der Waals surface area contributed by atoms with Gasteiger partial charge in [0.2, 0.25) is 0 Å². The Hall–Kier alpha value is -1.71. The number of nitrogens with one attached hydrogen (secondary N) is 1. The summed E-state index contributed by atoms with van der Waals surface area (Å²) in [5.74, 6) is 0. The summed E-state index contributed by atoms with van der Waals surface area (Å²) >= 11 is 0. The highest BCUT2D eigenvalue weighted by Gasteiger charge is 2.26. The molecule has 0 aromatic heterocycles. The van der Waals surface area contributed by atoms with Gasteiger partial charge in [0.1, 0.15) is 0 Å². The zero-order valence-corrected chi connectivity index (χ0v) is 12.0. The van der Waals surface area contributed by atoms with E-state index in [-0.39, 0.29) is 12.1 Å². The molecule has 1 N–H and O–H groups in total. The van der Waals surface area contributed by atoms with Gasteiger partial charge in [-0.15, -0.1) is 0 Å². The van der Waals surface area contributed by atoms with Gasteiger partial charge in [0, 0.05) is 37.4 Å². The van der Waals surface area contributed by atoms with Crippen molar-refractivity contribution in [1.82, 2.24) is 10.2 Å². The summed E-state index contributed by atoms with van der Waals surface area (Å²) in [5.41, 5.74) is 1.24. The lowest BCUT2D eigenvalue weighted by Gasteiger charge is -2.41. The van der Waals surface area contributed by atoms with Crippen molar-refractivity contribution in [3.63, 3.8) is 0 Å². The lowest BCUT2D eigenvalue weighted by Crippen LogP contribution is -2.56. The number of rotatable bonds is 2. The van der Waals surface area contributed by atoms with Crippen LogP contribution in [0.3, 0.4) is 0 Å². The van der Waals surface area contributed by atoms with Crippen LogP contribution in [0.2, 0.25) is 0 Å². The maximum absolute atomic E-state index is 12.0. The number of carbonyl (C=O) groups excluding carboxylic acids is 1. The van der Waals surface area contributed by atoms with Crippen LogP contribution in [0.1, 0.15) is 20.8 Å². The average molecular weight is 261 g/mol. The van der Waals surface area contributed by atoms with E-state index in [2.05, 4.69) is 41.4 Å². The molecule has 0 saturated carbocycles. The van der Waals surface area contributed by atoms with Gasteiger partial charge in [-0.25, -0.2) is 4.79 Å². The molecule has 1 heterocycles. The fourth-order valence-corrected chi connectivity index (χ4v) is 2.48. The predicted molar refractivity (Wildman–Crippen MR) is 78.5 cm³/mol. The van der Waals surface area contributed by atoms with E-state index in [1.807, 2.05) is 24.8 Å². The Morgan fingerprint density at radius 2 is 1.95 bits per heavy atom. The molecule has 104 valence electrons. The van der Waals surface area contributed by atoms with Crippen molar-refractivity contribution in [3.05, 3.63) is 30.3 Å². The number of urea groups is 1. The second-order valence-corrected chi connectivity index (χ2v) is 5.43. The molecule has 1 aliphatic heterocycles. The number of hydrogen-bond acceptors (Lipinski definition) is 2. The Morgan fingerprint density at radius 1 is 1.26 bits per heavy atom. The number of benzene rings is 1. The van der Waals surface area contributed by atoms with Crippen LogP contribution in [0.15, 0.2) is 30.3 Å². The second-order valence-electron chi connectivity index (χ2n) is 5.43. The van der Waals surface area contributed by atoms with Gasteiger partial charge >= 0.3 is 6.03 Å². The Kier molecular flexibility index (Phi) is 4.30. The van der Waals surface area contributed by atoms with Crippen LogP contribution >= 0.6 is 0 Å². The highest BCUT2D eigenvalue weighted by atomic mass is 16.2. The molecule has 1 aromatic carbocycles. The van der Waals surface area contributed by atoms with E-state index in [1.54, 1.807) is 0 Å². The fourth-order valence-electron chi connectivity index (χ4n) is 2.48. The summed E-state index contributed by atoms with van der Waals surface area (Å²) in [5, 5.41) is 2.96. The zero-order valence-electron chi connectivity index (χ0n) is 12.0. The Morgan fingerprint density at radius 3 is 2.53 bits per heavy atom. The van der Waals surface area contributed by atoms with E-state index in [9.17, 15) is 4.79 Å². The van der Waals surface area contributed by atoms with Gasteiger partial charge in [-0.2, -0.15) is 0 Å². The maximum atomic E-state index is 12.0. The van der Waals surface area contributed by atoms with E-state index in [1.165, 1.54) is 5.69 Å². The van der Waals surface area contributed by atoms with Crippen molar-refractivity contribution in [1.29, 1.82) is 0 Å². The van der Waals surface area contributed by atoms with Crippen LogP contribution < -0.4 is 10.2 Å². The number of para-hydroxylation sites is 1. The highest BCUT2D eigenvalue weighted by Crippen LogP contribution is 2.19. The molecular formula is C15H23N3O. The monoisotopic (exact) mass is 261 g/mol. The first kappa shape index (κ1) is 13.7. The molecule has 1 aromatic rings. The summed E-state index contributed by atoms with van der Waals surface area (Å²) < 4.78 is 0.